The van der Waals surface area contributed by atoms with Crippen LogP contribution in [0.3, 0.4) is 0 Å². The van der Waals surface area contributed by atoms with Crippen LogP contribution in [0.25, 0.3) is 0 Å². The van der Waals surface area contributed by atoms with Crippen LogP contribution >= 0.6 is 11.3 Å². The molecule has 0 radical (unpaired) electrons. The van der Waals surface area contributed by atoms with Crippen molar-refractivity contribution in [3.63, 3.8) is 0 Å². The van der Waals surface area contributed by atoms with Gasteiger partial charge in [0.1, 0.15) is 6.04 Å². The molecule has 37 heavy (non-hydrogen) atoms. The molecule has 8 heteroatoms. The summed E-state index contributed by atoms with van der Waals surface area (Å²) in [5.41, 5.74) is 2.08. The van der Waals surface area contributed by atoms with Crippen LogP contribution in [0.5, 0.6) is 0 Å². The van der Waals surface area contributed by atoms with Crippen molar-refractivity contribution >= 4 is 40.5 Å². The standard InChI is InChI=1S/C29H33N3O4S/c1-6-29(4,5)31-28(36)26(22-11-9-19(2)10-12-22)32(23-15-13-21(14-16-23)20(3)33)25(34)18-30-27(35)24-8-7-17-37-24/h7-17,26H,6,18H2,1-5H3,(H,30,35)(H,31,36). The zero-order valence-corrected chi connectivity index (χ0v) is 22.6. The van der Waals surface area contributed by atoms with Crippen LogP contribution in [-0.4, -0.2) is 35.6 Å². The molecule has 1 atom stereocenters. The average molecular weight is 520 g/mol. The van der Waals surface area contributed by atoms with E-state index in [4.69, 9.17) is 0 Å². The van der Waals surface area contributed by atoms with E-state index in [-0.39, 0.29) is 24.1 Å². The van der Waals surface area contributed by atoms with Crippen molar-refractivity contribution in [3.05, 3.63) is 87.6 Å². The van der Waals surface area contributed by atoms with E-state index in [1.54, 1.807) is 41.8 Å². The van der Waals surface area contributed by atoms with Crippen molar-refractivity contribution in [2.24, 2.45) is 0 Å². The lowest BCUT2D eigenvalue weighted by molar-refractivity contribution is -0.127. The van der Waals surface area contributed by atoms with Crippen LogP contribution in [-0.2, 0) is 9.59 Å². The first-order valence-corrected chi connectivity index (χ1v) is 13.0. The van der Waals surface area contributed by atoms with E-state index < -0.39 is 17.5 Å². The van der Waals surface area contributed by atoms with Gasteiger partial charge in [-0.1, -0.05) is 42.8 Å². The average Bonchev–Trinajstić information content (AvgIpc) is 3.41. The topological polar surface area (TPSA) is 95.6 Å². The first-order valence-electron chi connectivity index (χ1n) is 12.2. The number of carbonyl (C=O) groups is 4. The minimum Gasteiger partial charge on any atom is -0.349 e. The first-order chi connectivity index (χ1) is 17.5. The highest BCUT2D eigenvalue weighted by atomic mass is 32.1. The van der Waals surface area contributed by atoms with Gasteiger partial charge in [-0.05, 0) is 75.4 Å². The van der Waals surface area contributed by atoms with Crippen LogP contribution < -0.4 is 15.5 Å². The number of ketones is 1. The first kappa shape index (κ1) is 27.8. The lowest BCUT2D eigenvalue weighted by atomic mass is 9.97. The Hall–Kier alpha value is -3.78. The molecule has 3 aromatic rings. The number of benzene rings is 2. The molecule has 1 unspecified atom stereocenters. The fourth-order valence-electron chi connectivity index (χ4n) is 3.69. The quantitative estimate of drug-likeness (QED) is 0.366. The molecule has 0 bridgehead atoms. The van der Waals surface area contributed by atoms with Crippen molar-refractivity contribution in [1.29, 1.82) is 0 Å². The maximum absolute atomic E-state index is 13.8. The molecule has 0 aliphatic carbocycles. The van der Waals surface area contributed by atoms with Gasteiger partial charge in [0.2, 0.25) is 11.8 Å². The predicted octanol–water partition coefficient (Wildman–Crippen LogP) is 5.07. The molecule has 2 N–H and O–H groups in total. The lowest BCUT2D eigenvalue weighted by Crippen LogP contribution is -2.52. The van der Waals surface area contributed by atoms with Crippen molar-refractivity contribution in [1.82, 2.24) is 10.6 Å². The lowest BCUT2D eigenvalue weighted by Gasteiger charge is -2.34. The Morgan fingerprint density at radius 3 is 2.16 bits per heavy atom. The number of thiophene rings is 1. The van der Waals surface area contributed by atoms with Gasteiger partial charge in [-0.2, -0.15) is 0 Å². The summed E-state index contributed by atoms with van der Waals surface area (Å²) in [5, 5.41) is 7.53. The number of aryl methyl sites for hydroxylation is 1. The van der Waals surface area contributed by atoms with E-state index in [9.17, 15) is 19.2 Å². The molecule has 0 spiro atoms. The van der Waals surface area contributed by atoms with Gasteiger partial charge >= 0.3 is 0 Å². The van der Waals surface area contributed by atoms with Gasteiger partial charge in [-0.15, -0.1) is 11.3 Å². The summed E-state index contributed by atoms with van der Waals surface area (Å²) in [5.74, 6) is -1.27. The second kappa shape index (κ2) is 12.0. The third-order valence-electron chi connectivity index (χ3n) is 6.21. The Balaban J connectivity index is 2.05. The van der Waals surface area contributed by atoms with E-state index >= 15 is 0 Å². The molecule has 0 saturated heterocycles. The summed E-state index contributed by atoms with van der Waals surface area (Å²) in [6, 6.07) is 16.4. The molecule has 1 heterocycles. The SMILES string of the molecule is CCC(C)(C)NC(=O)C(c1ccc(C)cc1)N(C(=O)CNC(=O)c1cccs1)c1ccc(C(C)=O)cc1. The van der Waals surface area contributed by atoms with Crippen LogP contribution in [0, 0.1) is 6.92 Å². The number of hydrogen-bond donors (Lipinski definition) is 2. The monoisotopic (exact) mass is 519 g/mol. The minimum absolute atomic E-state index is 0.106. The Kier molecular flexibility index (Phi) is 8.99. The summed E-state index contributed by atoms with van der Waals surface area (Å²) < 4.78 is 0. The van der Waals surface area contributed by atoms with E-state index in [2.05, 4.69) is 10.6 Å². The van der Waals surface area contributed by atoms with Crippen LogP contribution in [0.15, 0.2) is 66.0 Å². The van der Waals surface area contributed by atoms with Crippen molar-refractivity contribution < 1.29 is 19.2 Å². The Morgan fingerprint density at radius 2 is 1.62 bits per heavy atom. The van der Waals surface area contributed by atoms with Gasteiger partial charge in [-0.25, -0.2) is 0 Å². The highest BCUT2D eigenvalue weighted by Gasteiger charge is 2.35. The largest absolute Gasteiger partial charge is 0.349 e. The zero-order valence-electron chi connectivity index (χ0n) is 21.8. The third-order valence-corrected chi connectivity index (χ3v) is 7.08. The van der Waals surface area contributed by atoms with Crippen LogP contribution in [0.4, 0.5) is 5.69 Å². The van der Waals surface area contributed by atoms with E-state index in [1.807, 2.05) is 52.0 Å². The number of rotatable bonds is 10. The number of carbonyl (C=O) groups excluding carboxylic acids is 4. The Bertz CT molecular complexity index is 1250. The van der Waals surface area contributed by atoms with Gasteiger partial charge < -0.3 is 10.6 Å². The van der Waals surface area contributed by atoms with Crippen LogP contribution in [0.1, 0.15) is 71.3 Å². The van der Waals surface area contributed by atoms with E-state index in [1.165, 1.54) is 23.2 Å². The number of nitrogens with one attached hydrogen (secondary N) is 2. The fourth-order valence-corrected chi connectivity index (χ4v) is 4.33. The van der Waals surface area contributed by atoms with E-state index in [0.717, 1.165) is 5.56 Å². The fraction of sp³-hybridized carbons (Fsp3) is 0.310. The highest BCUT2D eigenvalue weighted by molar-refractivity contribution is 7.12. The molecular formula is C29H33N3O4S. The predicted molar refractivity (Wildman–Crippen MR) is 147 cm³/mol. The Morgan fingerprint density at radius 1 is 0.973 bits per heavy atom. The number of hydrogen-bond acceptors (Lipinski definition) is 5. The summed E-state index contributed by atoms with van der Waals surface area (Å²) in [6.07, 6.45) is 0.692. The minimum atomic E-state index is -0.999. The number of anilines is 1. The highest BCUT2D eigenvalue weighted by Crippen LogP contribution is 2.30. The molecule has 194 valence electrons. The van der Waals surface area contributed by atoms with Crippen molar-refractivity contribution in [2.45, 2.75) is 52.6 Å². The zero-order chi connectivity index (χ0) is 27.2. The second-order valence-corrected chi connectivity index (χ2v) is 10.5. The third kappa shape index (κ3) is 7.13. The second-order valence-electron chi connectivity index (χ2n) is 9.57. The summed E-state index contributed by atoms with van der Waals surface area (Å²) >= 11 is 1.28. The van der Waals surface area contributed by atoms with Crippen LogP contribution in [0.2, 0.25) is 0 Å². The number of Topliss-reactive ketones (excluding diaryl/α,β-unsaturated/α-hetero) is 1. The van der Waals surface area contributed by atoms with Gasteiger partial charge in [-0.3, -0.25) is 24.1 Å². The molecular weight excluding hydrogens is 486 g/mol. The van der Waals surface area contributed by atoms with Gasteiger partial charge in [0.15, 0.2) is 5.78 Å². The van der Waals surface area contributed by atoms with Gasteiger partial charge in [0.25, 0.3) is 5.91 Å². The maximum Gasteiger partial charge on any atom is 0.261 e. The molecule has 7 nitrogen and oxygen atoms in total. The summed E-state index contributed by atoms with van der Waals surface area (Å²) in [4.78, 5) is 53.8. The normalized spacial score (nSPS) is 11.9. The van der Waals surface area contributed by atoms with Gasteiger partial charge in [0.05, 0.1) is 11.4 Å². The number of amides is 3. The molecule has 1 aromatic heterocycles. The number of nitrogens with zero attached hydrogens (tertiary/aromatic N) is 1. The molecule has 0 fully saturated rings. The Labute approximate surface area is 221 Å². The molecule has 0 saturated carbocycles. The van der Waals surface area contributed by atoms with Crippen molar-refractivity contribution in [3.8, 4) is 0 Å². The van der Waals surface area contributed by atoms with Crippen molar-refractivity contribution in [2.75, 3.05) is 11.4 Å². The molecule has 0 aliphatic rings. The summed E-state index contributed by atoms with van der Waals surface area (Å²) in [6.45, 7) is 8.93. The van der Waals surface area contributed by atoms with E-state index in [0.29, 0.717) is 28.1 Å². The molecule has 0 aliphatic heterocycles. The van der Waals surface area contributed by atoms with Gasteiger partial charge in [0, 0.05) is 16.8 Å². The smallest absolute Gasteiger partial charge is 0.261 e. The maximum atomic E-state index is 13.8. The molecule has 2 aromatic carbocycles. The molecule has 3 rings (SSSR count). The molecule has 3 amide bonds. The summed E-state index contributed by atoms with van der Waals surface area (Å²) in [7, 11) is 0.